The van der Waals surface area contributed by atoms with E-state index in [2.05, 4.69) is 6.07 Å². The van der Waals surface area contributed by atoms with Crippen molar-refractivity contribution in [3.8, 4) is 11.8 Å². The molecule has 1 N–H and O–H groups in total. The molecule has 2 fully saturated rings. The van der Waals surface area contributed by atoms with Gasteiger partial charge in [-0.15, -0.1) is 0 Å². The van der Waals surface area contributed by atoms with Crippen molar-refractivity contribution >= 4 is 0 Å². The first-order valence-corrected chi connectivity index (χ1v) is 8.06. The van der Waals surface area contributed by atoms with Crippen molar-refractivity contribution in [2.75, 3.05) is 13.2 Å². The largest absolute Gasteiger partial charge is 0.508 e. The summed E-state index contributed by atoms with van der Waals surface area (Å²) in [5.74, 6) is -0.513. The Balaban J connectivity index is 1.69. The van der Waals surface area contributed by atoms with Crippen LogP contribution >= 0.6 is 0 Å². The van der Waals surface area contributed by atoms with Crippen molar-refractivity contribution in [2.24, 2.45) is 5.92 Å². The van der Waals surface area contributed by atoms with Gasteiger partial charge in [-0.25, -0.2) is 0 Å². The molecule has 1 saturated carbocycles. The van der Waals surface area contributed by atoms with Crippen LogP contribution in [-0.4, -0.2) is 30.2 Å². The summed E-state index contributed by atoms with van der Waals surface area (Å²) in [6.45, 7) is 1.16. The maximum absolute atomic E-state index is 10.1. The molecule has 2 aliphatic carbocycles. The Kier molecular flexibility index (Phi) is 2.50. The van der Waals surface area contributed by atoms with E-state index in [1.54, 1.807) is 18.4 Å². The highest BCUT2D eigenvalue weighted by Gasteiger charge is 2.63. The lowest BCUT2D eigenvalue weighted by atomic mass is 9.55. The summed E-state index contributed by atoms with van der Waals surface area (Å²) in [5.41, 5.74) is 2.37. The first-order chi connectivity index (χ1) is 11.2. The van der Waals surface area contributed by atoms with Crippen LogP contribution in [0.15, 0.2) is 30.0 Å². The molecule has 1 aromatic carbocycles. The van der Waals surface area contributed by atoms with E-state index in [1.165, 1.54) is 0 Å². The Labute approximate surface area is 134 Å². The fraction of sp³-hybridized carbons (Fsp3) is 0.500. The van der Waals surface area contributed by atoms with Gasteiger partial charge in [0.15, 0.2) is 5.79 Å². The van der Waals surface area contributed by atoms with E-state index in [0.29, 0.717) is 32.5 Å². The van der Waals surface area contributed by atoms with E-state index in [1.807, 2.05) is 6.07 Å². The summed E-state index contributed by atoms with van der Waals surface area (Å²) in [4.78, 5) is 0. The van der Waals surface area contributed by atoms with Gasteiger partial charge >= 0.3 is 0 Å². The summed E-state index contributed by atoms with van der Waals surface area (Å²) < 4.78 is 17.8. The van der Waals surface area contributed by atoms with Gasteiger partial charge in [-0.05, 0) is 29.7 Å². The standard InChI is InChI=1S/C18H17NO4/c19-10-17-3-4-18(22-5-6-23-18)14-9-21-15(16(14)17)8-11-7-12(20)1-2-13(11)17/h1-2,7,9,15-16,20H,3-6,8H2/t15-,16-,17-/m1/s1. The summed E-state index contributed by atoms with van der Waals surface area (Å²) in [6, 6.07) is 7.92. The third-order valence-corrected chi connectivity index (χ3v) is 5.84. The highest BCUT2D eigenvalue weighted by Crippen LogP contribution is 2.59. The van der Waals surface area contributed by atoms with Crippen LogP contribution in [0.5, 0.6) is 5.75 Å². The number of ether oxygens (including phenoxy) is 3. The average Bonchev–Trinajstić information content (AvgIpc) is 3.19. The van der Waals surface area contributed by atoms with Crippen LogP contribution in [0.2, 0.25) is 0 Å². The van der Waals surface area contributed by atoms with Gasteiger partial charge in [0.25, 0.3) is 0 Å². The number of aromatic hydroxyl groups is 1. The van der Waals surface area contributed by atoms with Gasteiger partial charge in [0.05, 0.1) is 31.0 Å². The van der Waals surface area contributed by atoms with Crippen molar-refractivity contribution < 1.29 is 19.3 Å². The Morgan fingerprint density at radius 1 is 1.22 bits per heavy atom. The summed E-state index contributed by atoms with van der Waals surface area (Å²) >= 11 is 0. The molecule has 2 aliphatic heterocycles. The van der Waals surface area contributed by atoms with Gasteiger partial charge in [0.2, 0.25) is 0 Å². The molecular weight excluding hydrogens is 294 g/mol. The van der Waals surface area contributed by atoms with Gasteiger partial charge in [-0.2, -0.15) is 5.26 Å². The maximum atomic E-state index is 10.1. The molecule has 0 amide bonds. The zero-order chi connectivity index (χ0) is 15.7. The molecule has 1 spiro atoms. The molecule has 1 aromatic rings. The highest BCUT2D eigenvalue weighted by molar-refractivity contribution is 5.52. The topological polar surface area (TPSA) is 71.7 Å². The average molecular weight is 311 g/mol. The number of hydrogen-bond acceptors (Lipinski definition) is 5. The fourth-order valence-electron chi connectivity index (χ4n) is 4.90. The van der Waals surface area contributed by atoms with Gasteiger partial charge in [0.1, 0.15) is 11.9 Å². The first-order valence-electron chi connectivity index (χ1n) is 8.06. The number of benzene rings is 1. The van der Waals surface area contributed by atoms with Gasteiger partial charge in [-0.1, -0.05) is 6.07 Å². The van der Waals surface area contributed by atoms with Crippen LogP contribution in [-0.2, 0) is 26.0 Å². The third-order valence-electron chi connectivity index (χ3n) is 5.84. The van der Waals surface area contributed by atoms with E-state index in [9.17, 15) is 10.4 Å². The zero-order valence-corrected chi connectivity index (χ0v) is 12.6. The fourth-order valence-corrected chi connectivity index (χ4v) is 4.90. The molecule has 5 rings (SSSR count). The Morgan fingerprint density at radius 3 is 2.83 bits per heavy atom. The second-order valence-electron chi connectivity index (χ2n) is 6.80. The summed E-state index contributed by atoms with van der Waals surface area (Å²) in [7, 11) is 0. The molecule has 0 bridgehead atoms. The number of nitrogens with zero attached hydrogens (tertiary/aromatic N) is 1. The number of hydrogen-bond donors (Lipinski definition) is 1. The van der Waals surface area contributed by atoms with Crippen molar-refractivity contribution in [1.29, 1.82) is 5.26 Å². The monoisotopic (exact) mass is 311 g/mol. The quantitative estimate of drug-likeness (QED) is 0.795. The minimum Gasteiger partial charge on any atom is -0.508 e. The molecule has 0 radical (unpaired) electrons. The van der Waals surface area contributed by atoms with E-state index >= 15 is 0 Å². The lowest BCUT2D eigenvalue weighted by Crippen LogP contribution is -2.54. The highest BCUT2D eigenvalue weighted by atomic mass is 16.7. The van der Waals surface area contributed by atoms with Gasteiger partial charge in [-0.3, -0.25) is 0 Å². The molecule has 5 nitrogen and oxygen atoms in total. The van der Waals surface area contributed by atoms with Crippen LogP contribution in [0, 0.1) is 17.2 Å². The van der Waals surface area contributed by atoms with E-state index in [0.717, 1.165) is 16.7 Å². The van der Waals surface area contributed by atoms with E-state index in [4.69, 9.17) is 14.2 Å². The lowest BCUT2D eigenvalue weighted by molar-refractivity contribution is -0.154. The number of fused-ring (bicyclic) bond motifs is 3. The Hall–Kier alpha value is -2.03. The molecule has 118 valence electrons. The molecule has 2 heterocycles. The van der Waals surface area contributed by atoms with E-state index < -0.39 is 11.2 Å². The van der Waals surface area contributed by atoms with Crippen LogP contribution in [0.25, 0.3) is 0 Å². The Bertz CT molecular complexity index is 759. The SMILES string of the molecule is N#C[C@]12CCC3(OCCO3)C3=CO[C@H](Cc4cc(O)ccc41)[C@@H]32. The smallest absolute Gasteiger partial charge is 0.194 e. The van der Waals surface area contributed by atoms with Gasteiger partial charge < -0.3 is 19.3 Å². The minimum atomic E-state index is -0.700. The zero-order valence-electron chi connectivity index (χ0n) is 12.6. The molecule has 5 heteroatoms. The number of rotatable bonds is 0. The predicted molar refractivity (Wildman–Crippen MR) is 79.4 cm³/mol. The predicted octanol–water partition coefficient (Wildman–Crippen LogP) is 2.15. The molecule has 0 unspecified atom stereocenters. The Morgan fingerprint density at radius 2 is 2.04 bits per heavy atom. The van der Waals surface area contributed by atoms with Crippen LogP contribution in [0.1, 0.15) is 24.0 Å². The molecular formula is C18H17NO4. The third kappa shape index (κ3) is 1.53. The van der Waals surface area contributed by atoms with Crippen molar-refractivity contribution in [2.45, 2.75) is 36.6 Å². The van der Waals surface area contributed by atoms with Crippen molar-refractivity contribution in [3.05, 3.63) is 41.2 Å². The number of nitriles is 1. The number of phenols is 1. The van der Waals surface area contributed by atoms with E-state index in [-0.39, 0.29) is 17.8 Å². The summed E-state index contributed by atoms with van der Waals surface area (Å²) in [6.07, 6.45) is 3.68. The lowest BCUT2D eigenvalue weighted by Gasteiger charge is -2.49. The first kappa shape index (κ1) is 13.4. The molecule has 0 aromatic heterocycles. The second-order valence-corrected chi connectivity index (χ2v) is 6.80. The number of phenolic OH excluding ortho intramolecular Hbond substituents is 1. The second kappa shape index (κ2) is 4.28. The van der Waals surface area contributed by atoms with Crippen LogP contribution in [0.4, 0.5) is 0 Å². The molecule has 4 aliphatic rings. The molecule has 1 saturated heterocycles. The molecule has 3 atom stereocenters. The minimum absolute atomic E-state index is 0.0450. The maximum Gasteiger partial charge on any atom is 0.194 e. The van der Waals surface area contributed by atoms with Crippen LogP contribution in [0.3, 0.4) is 0 Å². The molecule has 23 heavy (non-hydrogen) atoms. The summed E-state index contributed by atoms with van der Waals surface area (Å²) in [5, 5.41) is 19.9. The van der Waals surface area contributed by atoms with Gasteiger partial charge in [0, 0.05) is 24.3 Å². The van der Waals surface area contributed by atoms with Crippen LogP contribution < -0.4 is 0 Å². The normalized spacial score (nSPS) is 35.9. The van der Waals surface area contributed by atoms with Crippen molar-refractivity contribution in [3.63, 3.8) is 0 Å². The van der Waals surface area contributed by atoms with Crippen molar-refractivity contribution in [1.82, 2.24) is 0 Å².